The monoisotopic (exact) mass is 366 g/mol. The van der Waals surface area contributed by atoms with Gasteiger partial charge in [-0.05, 0) is 44.7 Å². The van der Waals surface area contributed by atoms with Gasteiger partial charge in [0, 0.05) is 25.2 Å². The van der Waals surface area contributed by atoms with E-state index in [1.54, 1.807) is 0 Å². The van der Waals surface area contributed by atoms with Crippen LogP contribution in [-0.4, -0.2) is 55.5 Å². The zero-order chi connectivity index (χ0) is 18.6. The molecule has 0 radical (unpaired) electrons. The fraction of sp³-hybridized carbons (Fsp3) is 0.556. The smallest absolute Gasteiger partial charge is 0.243 e. The molecule has 0 bridgehead atoms. The third-order valence-corrected chi connectivity index (χ3v) is 6.56. The van der Waals surface area contributed by atoms with E-state index in [2.05, 4.69) is 0 Å². The van der Waals surface area contributed by atoms with Crippen molar-refractivity contribution in [1.29, 1.82) is 0 Å². The second-order valence-corrected chi connectivity index (χ2v) is 8.53. The summed E-state index contributed by atoms with van der Waals surface area (Å²) in [7, 11) is -2.35. The quantitative estimate of drug-likeness (QED) is 0.724. The van der Waals surface area contributed by atoms with Crippen LogP contribution in [0.4, 0.5) is 0 Å². The molecule has 1 atom stereocenters. The van der Waals surface area contributed by atoms with E-state index in [0.717, 1.165) is 30.0 Å². The van der Waals surface area contributed by atoms with Gasteiger partial charge < -0.3 is 4.90 Å². The van der Waals surface area contributed by atoms with Crippen LogP contribution >= 0.6 is 0 Å². The molecule has 138 valence electrons. The number of sulfonamides is 1. The first-order valence-electron chi connectivity index (χ1n) is 8.64. The van der Waals surface area contributed by atoms with Gasteiger partial charge in [0.25, 0.3) is 0 Å². The number of benzene rings is 1. The van der Waals surface area contributed by atoms with Crippen molar-refractivity contribution in [3.05, 3.63) is 29.8 Å². The standard InChI is InChI=1S/C18H26N2O4S/c1-4-16-7-5-6-12-20(16)18(22)13-19(3)25(23,24)17-10-8-15(9-11-17)14(2)21/h8-11,16H,4-7,12-13H2,1-3H3/t16-/m0/s1. The first kappa shape index (κ1) is 19.6. The van der Waals surface area contributed by atoms with Crippen LogP contribution in [0.5, 0.6) is 0 Å². The molecule has 25 heavy (non-hydrogen) atoms. The lowest BCUT2D eigenvalue weighted by Crippen LogP contribution is -2.48. The van der Waals surface area contributed by atoms with Gasteiger partial charge in [-0.3, -0.25) is 9.59 Å². The van der Waals surface area contributed by atoms with E-state index in [9.17, 15) is 18.0 Å². The van der Waals surface area contributed by atoms with Gasteiger partial charge in [-0.25, -0.2) is 8.42 Å². The van der Waals surface area contributed by atoms with Crippen molar-refractivity contribution in [2.24, 2.45) is 0 Å². The first-order chi connectivity index (χ1) is 11.8. The number of Topliss-reactive ketones (excluding diaryl/α,β-unsaturated/α-hetero) is 1. The summed E-state index contributed by atoms with van der Waals surface area (Å²) in [5.41, 5.74) is 0.455. The highest BCUT2D eigenvalue weighted by Gasteiger charge is 2.29. The van der Waals surface area contributed by atoms with E-state index in [-0.39, 0.29) is 29.2 Å². The molecule has 0 saturated carbocycles. The van der Waals surface area contributed by atoms with Gasteiger partial charge in [-0.15, -0.1) is 0 Å². The molecule has 1 aliphatic rings. The average Bonchev–Trinajstić information content (AvgIpc) is 2.61. The van der Waals surface area contributed by atoms with E-state index in [0.29, 0.717) is 12.1 Å². The summed E-state index contributed by atoms with van der Waals surface area (Å²) in [6, 6.07) is 5.99. The van der Waals surface area contributed by atoms with E-state index in [1.807, 2.05) is 11.8 Å². The largest absolute Gasteiger partial charge is 0.339 e. The zero-order valence-electron chi connectivity index (χ0n) is 15.1. The fourth-order valence-electron chi connectivity index (χ4n) is 3.16. The number of likely N-dealkylation sites (tertiary alicyclic amines) is 1. The summed E-state index contributed by atoms with van der Waals surface area (Å²) in [6.07, 6.45) is 3.93. The Kier molecular flexibility index (Phi) is 6.35. The number of ketones is 1. The van der Waals surface area contributed by atoms with E-state index >= 15 is 0 Å². The predicted octanol–water partition coefficient (Wildman–Crippen LogP) is 2.30. The molecule has 1 heterocycles. The lowest BCUT2D eigenvalue weighted by atomic mass is 10.00. The Morgan fingerprint density at radius 3 is 2.40 bits per heavy atom. The Labute approximate surface area is 149 Å². The number of likely N-dealkylation sites (N-methyl/N-ethyl adjacent to an activating group) is 1. The molecule has 0 aromatic heterocycles. The second-order valence-electron chi connectivity index (χ2n) is 6.49. The molecular formula is C18H26N2O4S. The van der Waals surface area contributed by atoms with Crippen LogP contribution in [0.15, 0.2) is 29.2 Å². The first-order valence-corrected chi connectivity index (χ1v) is 10.1. The summed E-state index contributed by atoms with van der Waals surface area (Å²) < 4.78 is 26.4. The number of carbonyl (C=O) groups is 2. The molecule has 6 nitrogen and oxygen atoms in total. The molecule has 7 heteroatoms. The van der Waals surface area contributed by atoms with E-state index < -0.39 is 10.0 Å². The molecule has 0 spiro atoms. The van der Waals surface area contributed by atoms with Crippen molar-refractivity contribution in [3.63, 3.8) is 0 Å². The van der Waals surface area contributed by atoms with E-state index in [4.69, 9.17) is 0 Å². The van der Waals surface area contributed by atoms with Crippen molar-refractivity contribution in [2.45, 2.75) is 50.5 Å². The van der Waals surface area contributed by atoms with Gasteiger partial charge in [0.2, 0.25) is 15.9 Å². The van der Waals surface area contributed by atoms with Crippen molar-refractivity contribution in [1.82, 2.24) is 9.21 Å². The maximum absolute atomic E-state index is 12.7. The van der Waals surface area contributed by atoms with Gasteiger partial charge in [0.15, 0.2) is 5.78 Å². The summed E-state index contributed by atoms with van der Waals surface area (Å²) in [5.74, 6) is -0.277. The molecule has 1 aliphatic heterocycles. The molecule has 0 N–H and O–H groups in total. The van der Waals surface area contributed by atoms with Crippen molar-refractivity contribution in [2.75, 3.05) is 20.1 Å². The summed E-state index contributed by atoms with van der Waals surface area (Å²) in [6.45, 7) is 4.00. The van der Waals surface area contributed by atoms with Gasteiger partial charge >= 0.3 is 0 Å². The summed E-state index contributed by atoms with van der Waals surface area (Å²) in [5, 5.41) is 0. The normalized spacial score (nSPS) is 18.4. The van der Waals surface area contributed by atoms with Crippen LogP contribution in [-0.2, 0) is 14.8 Å². The highest BCUT2D eigenvalue weighted by atomic mass is 32.2. The van der Waals surface area contributed by atoms with Crippen molar-refractivity contribution in [3.8, 4) is 0 Å². The molecule has 1 amide bonds. The Morgan fingerprint density at radius 2 is 1.84 bits per heavy atom. The van der Waals surface area contributed by atoms with Crippen LogP contribution in [0, 0.1) is 0 Å². The lowest BCUT2D eigenvalue weighted by molar-refractivity contribution is -0.134. The van der Waals surface area contributed by atoms with Crippen molar-refractivity contribution < 1.29 is 18.0 Å². The number of hydrogen-bond donors (Lipinski definition) is 0. The molecule has 0 unspecified atom stereocenters. The maximum Gasteiger partial charge on any atom is 0.243 e. The maximum atomic E-state index is 12.7. The topological polar surface area (TPSA) is 74.8 Å². The molecule has 1 aromatic carbocycles. The number of piperidine rings is 1. The third kappa shape index (κ3) is 4.46. The number of nitrogens with zero attached hydrogens (tertiary/aromatic N) is 2. The highest BCUT2D eigenvalue weighted by Crippen LogP contribution is 2.21. The predicted molar refractivity (Wildman–Crippen MR) is 95.9 cm³/mol. The minimum Gasteiger partial charge on any atom is -0.339 e. The van der Waals surface area contributed by atoms with E-state index in [1.165, 1.54) is 38.2 Å². The Morgan fingerprint density at radius 1 is 1.20 bits per heavy atom. The molecule has 1 saturated heterocycles. The van der Waals surface area contributed by atoms with Crippen LogP contribution in [0.3, 0.4) is 0 Å². The summed E-state index contributed by atoms with van der Waals surface area (Å²) in [4.78, 5) is 25.8. The molecular weight excluding hydrogens is 340 g/mol. The van der Waals surface area contributed by atoms with Gasteiger partial charge in [0.1, 0.15) is 0 Å². The van der Waals surface area contributed by atoms with Gasteiger partial charge in [0.05, 0.1) is 11.4 Å². The molecule has 1 aromatic rings. The Bertz CT molecular complexity index is 728. The SMILES string of the molecule is CC[C@H]1CCCCN1C(=O)CN(C)S(=O)(=O)c1ccc(C(C)=O)cc1. The van der Waals surface area contributed by atoms with Crippen LogP contribution in [0.2, 0.25) is 0 Å². The Hall–Kier alpha value is -1.73. The molecule has 0 aliphatic carbocycles. The number of amides is 1. The minimum atomic E-state index is -3.76. The average molecular weight is 366 g/mol. The minimum absolute atomic E-state index is 0.0819. The van der Waals surface area contributed by atoms with Crippen LogP contribution in [0.1, 0.15) is 49.9 Å². The lowest BCUT2D eigenvalue weighted by Gasteiger charge is -2.36. The molecule has 2 rings (SSSR count). The third-order valence-electron chi connectivity index (χ3n) is 4.75. The van der Waals surface area contributed by atoms with Gasteiger partial charge in [-0.2, -0.15) is 4.31 Å². The zero-order valence-corrected chi connectivity index (χ0v) is 15.9. The van der Waals surface area contributed by atoms with Crippen molar-refractivity contribution >= 4 is 21.7 Å². The molecule has 1 fully saturated rings. The number of rotatable bonds is 6. The number of carbonyl (C=O) groups excluding carboxylic acids is 2. The fourth-order valence-corrected chi connectivity index (χ4v) is 4.28. The van der Waals surface area contributed by atoms with Crippen LogP contribution < -0.4 is 0 Å². The summed E-state index contributed by atoms with van der Waals surface area (Å²) >= 11 is 0. The number of hydrogen-bond acceptors (Lipinski definition) is 4. The second kappa shape index (κ2) is 8.10. The Balaban J connectivity index is 2.11. The highest BCUT2D eigenvalue weighted by molar-refractivity contribution is 7.89. The van der Waals surface area contributed by atoms with Gasteiger partial charge in [-0.1, -0.05) is 19.1 Å². The van der Waals surface area contributed by atoms with Crippen LogP contribution in [0.25, 0.3) is 0 Å².